The molecule has 1 N–H and O–H groups in total. The molecule has 1 atom stereocenters. The van der Waals surface area contributed by atoms with E-state index >= 15 is 0 Å². The van der Waals surface area contributed by atoms with E-state index in [-0.39, 0.29) is 11.7 Å². The summed E-state index contributed by atoms with van der Waals surface area (Å²) < 4.78 is 13.3. The molecular weight excluding hydrogens is 165 g/mol. The van der Waals surface area contributed by atoms with Gasteiger partial charge in [0.2, 0.25) is 0 Å². The first kappa shape index (κ1) is 10.2. The molecule has 0 aromatic heterocycles. The molecule has 72 valence electrons. The molecule has 0 aliphatic heterocycles. The lowest BCUT2D eigenvalue weighted by Crippen LogP contribution is -2.15. The van der Waals surface area contributed by atoms with Crippen LogP contribution >= 0.6 is 0 Å². The van der Waals surface area contributed by atoms with Crippen LogP contribution in [-0.4, -0.2) is 13.6 Å². The lowest BCUT2D eigenvalue weighted by atomic mass is 9.99. The molecular formula is C11H16FN. The molecule has 0 saturated carbocycles. The number of hydrogen-bond acceptors (Lipinski definition) is 1. The van der Waals surface area contributed by atoms with E-state index in [4.69, 9.17) is 0 Å². The number of likely N-dealkylation sites (N-methyl/N-ethyl adjacent to an activating group) is 1. The van der Waals surface area contributed by atoms with E-state index in [1.54, 1.807) is 6.07 Å². The molecule has 1 rings (SSSR count). The van der Waals surface area contributed by atoms with Gasteiger partial charge >= 0.3 is 0 Å². The average molecular weight is 181 g/mol. The topological polar surface area (TPSA) is 12.0 Å². The van der Waals surface area contributed by atoms with Crippen LogP contribution in [0, 0.1) is 12.7 Å². The second kappa shape index (κ2) is 4.38. The highest BCUT2D eigenvalue weighted by Gasteiger charge is 2.09. The molecule has 1 aromatic rings. The number of rotatable bonds is 3. The molecule has 1 nitrogen and oxygen atoms in total. The number of aryl methyl sites for hydroxylation is 1. The standard InChI is InChI=1S/C11H16FN/c1-8-4-5-11(12)10(6-8)9(2)7-13-3/h4-6,9,13H,7H2,1-3H3. The van der Waals surface area contributed by atoms with Crippen LogP contribution in [-0.2, 0) is 0 Å². The van der Waals surface area contributed by atoms with Gasteiger partial charge in [-0.25, -0.2) is 4.39 Å². The normalized spacial score (nSPS) is 12.9. The molecule has 0 spiro atoms. The monoisotopic (exact) mass is 181 g/mol. The minimum atomic E-state index is -0.103. The van der Waals surface area contributed by atoms with E-state index in [1.807, 2.05) is 27.0 Å². The summed E-state index contributed by atoms with van der Waals surface area (Å²) in [4.78, 5) is 0. The summed E-state index contributed by atoms with van der Waals surface area (Å²) in [7, 11) is 1.88. The zero-order valence-corrected chi connectivity index (χ0v) is 8.39. The van der Waals surface area contributed by atoms with Gasteiger partial charge in [0.15, 0.2) is 0 Å². The first-order chi connectivity index (χ1) is 6.15. The quantitative estimate of drug-likeness (QED) is 0.755. The molecule has 0 bridgehead atoms. The number of hydrogen-bond donors (Lipinski definition) is 1. The third-order valence-corrected chi connectivity index (χ3v) is 2.19. The molecule has 1 aromatic carbocycles. The van der Waals surface area contributed by atoms with Gasteiger partial charge in [0.05, 0.1) is 0 Å². The summed E-state index contributed by atoms with van der Waals surface area (Å²) in [6.07, 6.45) is 0. The smallest absolute Gasteiger partial charge is 0.126 e. The maximum Gasteiger partial charge on any atom is 0.126 e. The SMILES string of the molecule is CNCC(C)c1cc(C)ccc1F. The maximum atomic E-state index is 13.3. The van der Waals surface area contributed by atoms with Gasteiger partial charge in [-0.05, 0) is 31.5 Å². The lowest BCUT2D eigenvalue weighted by Gasteiger charge is -2.12. The third-order valence-electron chi connectivity index (χ3n) is 2.19. The van der Waals surface area contributed by atoms with E-state index in [0.29, 0.717) is 0 Å². The van der Waals surface area contributed by atoms with Gasteiger partial charge in [0.25, 0.3) is 0 Å². The van der Waals surface area contributed by atoms with Crippen LogP contribution in [0.5, 0.6) is 0 Å². The van der Waals surface area contributed by atoms with Crippen molar-refractivity contribution < 1.29 is 4.39 Å². The Hall–Kier alpha value is -0.890. The number of nitrogens with one attached hydrogen (secondary N) is 1. The fourth-order valence-corrected chi connectivity index (χ4v) is 1.46. The van der Waals surface area contributed by atoms with Crippen LogP contribution in [0.1, 0.15) is 24.0 Å². The van der Waals surface area contributed by atoms with Crippen LogP contribution < -0.4 is 5.32 Å². The van der Waals surface area contributed by atoms with Gasteiger partial charge in [-0.2, -0.15) is 0 Å². The molecule has 0 radical (unpaired) electrons. The van der Waals surface area contributed by atoms with Gasteiger partial charge in [0, 0.05) is 6.54 Å². The van der Waals surface area contributed by atoms with Crippen molar-refractivity contribution in [3.8, 4) is 0 Å². The fraction of sp³-hybridized carbons (Fsp3) is 0.455. The summed E-state index contributed by atoms with van der Waals surface area (Å²) >= 11 is 0. The highest BCUT2D eigenvalue weighted by molar-refractivity contribution is 5.27. The Bertz CT molecular complexity index is 283. The summed E-state index contributed by atoms with van der Waals surface area (Å²) in [5.74, 6) is 0.123. The molecule has 0 aliphatic carbocycles. The second-order valence-electron chi connectivity index (χ2n) is 3.48. The van der Waals surface area contributed by atoms with Gasteiger partial charge in [-0.1, -0.05) is 24.6 Å². The van der Waals surface area contributed by atoms with Crippen molar-refractivity contribution >= 4 is 0 Å². The summed E-state index contributed by atoms with van der Waals surface area (Å²) in [6, 6.07) is 5.25. The minimum absolute atomic E-state index is 0.103. The van der Waals surface area contributed by atoms with E-state index in [9.17, 15) is 4.39 Å². The van der Waals surface area contributed by atoms with E-state index in [0.717, 1.165) is 17.7 Å². The Labute approximate surface area is 79.0 Å². The van der Waals surface area contributed by atoms with Gasteiger partial charge < -0.3 is 5.32 Å². The summed E-state index contributed by atoms with van der Waals surface area (Å²) in [5, 5.41) is 3.05. The molecule has 0 fully saturated rings. The molecule has 0 aliphatic rings. The number of benzene rings is 1. The Morgan fingerprint density at radius 3 is 2.77 bits per heavy atom. The van der Waals surface area contributed by atoms with Gasteiger partial charge in [-0.3, -0.25) is 0 Å². The minimum Gasteiger partial charge on any atom is -0.319 e. The Balaban J connectivity index is 2.91. The Morgan fingerprint density at radius 2 is 2.15 bits per heavy atom. The predicted octanol–water partition coefficient (Wildman–Crippen LogP) is 2.46. The van der Waals surface area contributed by atoms with Crippen molar-refractivity contribution in [3.05, 3.63) is 35.1 Å². The molecule has 2 heteroatoms. The second-order valence-corrected chi connectivity index (χ2v) is 3.48. The van der Waals surface area contributed by atoms with Crippen molar-refractivity contribution in [2.75, 3.05) is 13.6 Å². The van der Waals surface area contributed by atoms with Gasteiger partial charge in [-0.15, -0.1) is 0 Å². The lowest BCUT2D eigenvalue weighted by molar-refractivity contribution is 0.576. The number of halogens is 1. The van der Waals surface area contributed by atoms with Crippen LogP contribution in [0.15, 0.2) is 18.2 Å². The molecule has 1 unspecified atom stereocenters. The van der Waals surface area contributed by atoms with Gasteiger partial charge in [0.1, 0.15) is 5.82 Å². The highest BCUT2D eigenvalue weighted by Crippen LogP contribution is 2.19. The van der Waals surface area contributed by atoms with Crippen LogP contribution in [0.2, 0.25) is 0 Å². The van der Waals surface area contributed by atoms with Crippen LogP contribution in [0.3, 0.4) is 0 Å². The first-order valence-electron chi connectivity index (χ1n) is 4.55. The zero-order chi connectivity index (χ0) is 9.84. The van der Waals surface area contributed by atoms with Crippen molar-refractivity contribution in [2.24, 2.45) is 0 Å². The molecule has 0 amide bonds. The fourth-order valence-electron chi connectivity index (χ4n) is 1.46. The Kier molecular flexibility index (Phi) is 3.43. The Morgan fingerprint density at radius 1 is 1.46 bits per heavy atom. The predicted molar refractivity (Wildman–Crippen MR) is 53.5 cm³/mol. The molecule has 13 heavy (non-hydrogen) atoms. The van der Waals surface area contributed by atoms with Crippen LogP contribution in [0.4, 0.5) is 4.39 Å². The summed E-state index contributed by atoms with van der Waals surface area (Å²) in [6.45, 7) is 4.81. The summed E-state index contributed by atoms with van der Waals surface area (Å²) in [5.41, 5.74) is 1.91. The van der Waals surface area contributed by atoms with Crippen LogP contribution in [0.25, 0.3) is 0 Å². The maximum absolute atomic E-state index is 13.3. The third kappa shape index (κ3) is 2.52. The van der Waals surface area contributed by atoms with Crippen molar-refractivity contribution in [1.29, 1.82) is 0 Å². The largest absolute Gasteiger partial charge is 0.319 e. The van der Waals surface area contributed by atoms with Crippen molar-refractivity contribution in [1.82, 2.24) is 5.32 Å². The van der Waals surface area contributed by atoms with Crippen molar-refractivity contribution in [2.45, 2.75) is 19.8 Å². The van der Waals surface area contributed by atoms with E-state index in [1.165, 1.54) is 6.07 Å². The average Bonchev–Trinajstić information content (AvgIpc) is 2.09. The molecule has 0 saturated heterocycles. The van der Waals surface area contributed by atoms with E-state index < -0.39 is 0 Å². The first-order valence-corrected chi connectivity index (χ1v) is 4.55. The molecule has 0 heterocycles. The van der Waals surface area contributed by atoms with Crippen molar-refractivity contribution in [3.63, 3.8) is 0 Å². The van der Waals surface area contributed by atoms with E-state index in [2.05, 4.69) is 5.32 Å². The highest BCUT2D eigenvalue weighted by atomic mass is 19.1. The zero-order valence-electron chi connectivity index (χ0n) is 8.39.